The predicted molar refractivity (Wildman–Crippen MR) is 76.2 cm³/mol. The van der Waals surface area contributed by atoms with Crippen LogP contribution < -0.4 is 11.3 Å². The molecular formula is C12H14BrClN4. The zero-order chi connectivity index (χ0) is 13.1. The minimum atomic E-state index is -0.152. The van der Waals surface area contributed by atoms with E-state index in [2.05, 4.69) is 26.5 Å². The van der Waals surface area contributed by atoms with Crippen LogP contribution in [0.1, 0.15) is 24.2 Å². The van der Waals surface area contributed by atoms with E-state index in [0.717, 1.165) is 22.3 Å². The Morgan fingerprint density at radius 2 is 2.33 bits per heavy atom. The van der Waals surface area contributed by atoms with Crippen LogP contribution in [0.3, 0.4) is 0 Å². The number of aryl methyl sites for hydroxylation is 1. The minimum absolute atomic E-state index is 0.152. The third-order valence-corrected chi connectivity index (χ3v) is 3.60. The van der Waals surface area contributed by atoms with E-state index in [1.165, 1.54) is 0 Å². The van der Waals surface area contributed by atoms with Crippen LogP contribution in [-0.2, 0) is 6.54 Å². The van der Waals surface area contributed by atoms with E-state index in [4.69, 9.17) is 17.4 Å². The quantitative estimate of drug-likeness (QED) is 0.670. The SMILES string of the molecule is CCn1ncc(Br)c1C(NN)c1cccc(Cl)c1. The van der Waals surface area contributed by atoms with E-state index in [1.54, 1.807) is 6.20 Å². The van der Waals surface area contributed by atoms with Crippen molar-refractivity contribution in [3.05, 3.63) is 51.2 Å². The Bertz CT molecular complexity index is 541. The van der Waals surface area contributed by atoms with Crippen molar-refractivity contribution in [1.29, 1.82) is 0 Å². The van der Waals surface area contributed by atoms with Crippen LogP contribution in [0.25, 0.3) is 0 Å². The summed E-state index contributed by atoms with van der Waals surface area (Å²) < 4.78 is 2.82. The first-order chi connectivity index (χ1) is 8.67. The molecule has 6 heteroatoms. The van der Waals surface area contributed by atoms with Gasteiger partial charge in [0, 0.05) is 11.6 Å². The molecule has 1 aromatic carbocycles. The number of hydrogen-bond acceptors (Lipinski definition) is 3. The summed E-state index contributed by atoms with van der Waals surface area (Å²) in [6.45, 7) is 2.81. The molecule has 2 aromatic rings. The molecule has 0 amide bonds. The van der Waals surface area contributed by atoms with Crippen LogP contribution in [0.15, 0.2) is 34.9 Å². The van der Waals surface area contributed by atoms with Crippen molar-refractivity contribution in [3.8, 4) is 0 Å². The molecule has 0 spiro atoms. The van der Waals surface area contributed by atoms with Gasteiger partial charge < -0.3 is 0 Å². The van der Waals surface area contributed by atoms with Crippen LogP contribution in [0.5, 0.6) is 0 Å². The molecule has 0 saturated heterocycles. The van der Waals surface area contributed by atoms with Gasteiger partial charge in [-0.15, -0.1) is 0 Å². The molecule has 0 aliphatic heterocycles. The fourth-order valence-electron chi connectivity index (χ4n) is 1.93. The molecule has 1 atom stereocenters. The van der Waals surface area contributed by atoms with Gasteiger partial charge >= 0.3 is 0 Å². The molecular weight excluding hydrogens is 316 g/mol. The number of hydrazine groups is 1. The number of nitrogens with one attached hydrogen (secondary N) is 1. The van der Waals surface area contributed by atoms with Crippen molar-refractivity contribution in [2.75, 3.05) is 0 Å². The summed E-state index contributed by atoms with van der Waals surface area (Å²) in [6, 6.07) is 7.47. The lowest BCUT2D eigenvalue weighted by atomic mass is 10.0. The van der Waals surface area contributed by atoms with Gasteiger partial charge in [-0.2, -0.15) is 5.10 Å². The smallest absolute Gasteiger partial charge is 0.0890 e. The second kappa shape index (κ2) is 5.84. The van der Waals surface area contributed by atoms with E-state index >= 15 is 0 Å². The van der Waals surface area contributed by atoms with Gasteiger partial charge in [-0.05, 0) is 40.5 Å². The Labute approximate surface area is 119 Å². The number of aromatic nitrogens is 2. The average molecular weight is 330 g/mol. The Morgan fingerprint density at radius 3 is 2.94 bits per heavy atom. The highest BCUT2D eigenvalue weighted by atomic mass is 79.9. The molecule has 0 radical (unpaired) electrons. The van der Waals surface area contributed by atoms with Gasteiger partial charge in [0.2, 0.25) is 0 Å². The highest BCUT2D eigenvalue weighted by molar-refractivity contribution is 9.10. The van der Waals surface area contributed by atoms with Crippen LogP contribution in [0.2, 0.25) is 5.02 Å². The second-order valence-corrected chi connectivity index (χ2v) is 5.14. The summed E-state index contributed by atoms with van der Waals surface area (Å²) in [5.74, 6) is 5.68. The maximum Gasteiger partial charge on any atom is 0.0890 e. The van der Waals surface area contributed by atoms with Crippen LogP contribution >= 0.6 is 27.5 Å². The van der Waals surface area contributed by atoms with Crippen LogP contribution in [0, 0.1) is 0 Å². The predicted octanol–water partition coefficient (Wildman–Crippen LogP) is 2.87. The second-order valence-electron chi connectivity index (χ2n) is 3.85. The summed E-state index contributed by atoms with van der Waals surface area (Å²) in [4.78, 5) is 0. The number of benzene rings is 1. The normalized spacial score (nSPS) is 12.7. The van der Waals surface area contributed by atoms with Crippen LogP contribution in [0.4, 0.5) is 0 Å². The van der Waals surface area contributed by atoms with Crippen molar-refractivity contribution in [1.82, 2.24) is 15.2 Å². The van der Waals surface area contributed by atoms with Crippen molar-refractivity contribution < 1.29 is 0 Å². The number of hydrogen-bond donors (Lipinski definition) is 2. The molecule has 3 N–H and O–H groups in total. The Morgan fingerprint density at radius 1 is 1.56 bits per heavy atom. The zero-order valence-corrected chi connectivity index (χ0v) is 12.2. The Balaban J connectivity index is 2.48. The molecule has 4 nitrogen and oxygen atoms in total. The summed E-state index contributed by atoms with van der Waals surface area (Å²) >= 11 is 9.52. The number of nitrogens with two attached hydrogens (primary N) is 1. The van der Waals surface area contributed by atoms with Gasteiger partial charge in [0.25, 0.3) is 0 Å². The summed E-state index contributed by atoms with van der Waals surface area (Å²) in [5.41, 5.74) is 4.80. The van der Waals surface area contributed by atoms with Crippen LogP contribution in [-0.4, -0.2) is 9.78 Å². The number of nitrogens with zero attached hydrogens (tertiary/aromatic N) is 2. The van der Waals surface area contributed by atoms with Crippen molar-refractivity contribution in [2.24, 2.45) is 5.84 Å². The fraction of sp³-hybridized carbons (Fsp3) is 0.250. The van der Waals surface area contributed by atoms with E-state index in [-0.39, 0.29) is 6.04 Å². The lowest BCUT2D eigenvalue weighted by molar-refractivity contribution is 0.542. The maximum absolute atomic E-state index is 6.02. The molecule has 1 heterocycles. The standard InChI is InChI=1S/C12H14BrClN4/c1-2-18-12(10(13)7-16-18)11(17-15)8-4-3-5-9(14)6-8/h3-7,11,17H,2,15H2,1H3. The lowest BCUT2D eigenvalue weighted by Gasteiger charge is -2.18. The van der Waals surface area contributed by atoms with E-state index in [0.29, 0.717) is 5.02 Å². The molecule has 18 heavy (non-hydrogen) atoms. The Hall–Kier alpha value is -0.880. The molecule has 0 aliphatic rings. The van der Waals surface area contributed by atoms with Gasteiger partial charge in [-0.1, -0.05) is 23.7 Å². The van der Waals surface area contributed by atoms with E-state index < -0.39 is 0 Å². The average Bonchev–Trinajstić information content (AvgIpc) is 2.72. The zero-order valence-electron chi connectivity index (χ0n) is 9.90. The van der Waals surface area contributed by atoms with E-state index in [1.807, 2.05) is 35.9 Å². The van der Waals surface area contributed by atoms with Gasteiger partial charge in [0.15, 0.2) is 0 Å². The largest absolute Gasteiger partial charge is 0.271 e. The van der Waals surface area contributed by atoms with Gasteiger partial charge in [0.05, 0.1) is 22.4 Å². The van der Waals surface area contributed by atoms with Gasteiger partial charge in [-0.25, -0.2) is 5.43 Å². The highest BCUT2D eigenvalue weighted by Crippen LogP contribution is 2.29. The maximum atomic E-state index is 6.02. The summed E-state index contributed by atoms with van der Waals surface area (Å²) in [6.07, 6.45) is 1.77. The monoisotopic (exact) mass is 328 g/mol. The first-order valence-electron chi connectivity index (χ1n) is 5.60. The molecule has 1 aromatic heterocycles. The van der Waals surface area contributed by atoms with E-state index in [9.17, 15) is 0 Å². The first-order valence-corrected chi connectivity index (χ1v) is 6.77. The number of halogens is 2. The third kappa shape index (κ3) is 2.59. The first kappa shape index (κ1) is 13.5. The Kier molecular flexibility index (Phi) is 4.40. The van der Waals surface area contributed by atoms with Gasteiger partial charge in [-0.3, -0.25) is 10.5 Å². The fourth-order valence-corrected chi connectivity index (χ4v) is 2.65. The highest BCUT2D eigenvalue weighted by Gasteiger charge is 2.20. The summed E-state index contributed by atoms with van der Waals surface area (Å²) in [7, 11) is 0. The molecule has 0 fully saturated rings. The molecule has 1 unspecified atom stereocenters. The summed E-state index contributed by atoms with van der Waals surface area (Å²) in [5, 5.41) is 4.98. The topological polar surface area (TPSA) is 55.9 Å². The molecule has 2 rings (SSSR count). The van der Waals surface area contributed by atoms with Gasteiger partial charge in [0.1, 0.15) is 0 Å². The van der Waals surface area contributed by atoms with Crippen molar-refractivity contribution >= 4 is 27.5 Å². The van der Waals surface area contributed by atoms with Crippen molar-refractivity contribution in [2.45, 2.75) is 19.5 Å². The third-order valence-electron chi connectivity index (χ3n) is 2.75. The molecule has 0 bridgehead atoms. The van der Waals surface area contributed by atoms with Crippen molar-refractivity contribution in [3.63, 3.8) is 0 Å². The molecule has 0 saturated carbocycles. The number of rotatable bonds is 4. The molecule has 96 valence electrons. The molecule has 0 aliphatic carbocycles. The minimum Gasteiger partial charge on any atom is -0.271 e. The lowest BCUT2D eigenvalue weighted by Crippen LogP contribution is -2.31.